The lowest BCUT2D eigenvalue weighted by atomic mass is 9.99. The zero-order chi connectivity index (χ0) is 19.1. The van der Waals surface area contributed by atoms with Crippen LogP contribution in [0.4, 0.5) is 5.00 Å². The van der Waals surface area contributed by atoms with Gasteiger partial charge in [0.1, 0.15) is 0 Å². The molecule has 3 rings (SSSR count). The lowest BCUT2D eigenvalue weighted by Gasteiger charge is -2.40. The van der Waals surface area contributed by atoms with Crippen LogP contribution in [-0.2, 0) is 0 Å². The number of rotatable bonds is 6. The SMILES string of the molecule is CCNC(=NCC(C)(C)N1CCCCC1)NC1CCN(c2cccs2)CC1. The number of thiophene rings is 1. The number of nitrogens with one attached hydrogen (secondary N) is 2. The Morgan fingerprint density at radius 2 is 1.93 bits per heavy atom. The van der Waals surface area contributed by atoms with Crippen molar-refractivity contribution in [2.45, 2.75) is 64.5 Å². The molecule has 0 aliphatic carbocycles. The van der Waals surface area contributed by atoms with Crippen molar-refractivity contribution in [3.8, 4) is 0 Å². The van der Waals surface area contributed by atoms with E-state index in [0.717, 1.165) is 45.0 Å². The fraction of sp³-hybridized carbons (Fsp3) is 0.762. The van der Waals surface area contributed by atoms with Gasteiger partial charge in [0.15, 0.2) is 5.96 Å². The molecule has 5 nitrogen and oxygen atoms in total. The molecule has 0 atom stereocenters. The minimum Gasteiger partial charge on any atom is -0.363 e. The summed E-state index contributed by atoms with van der Waals surface area (Å²) in [4.78, 5) is 10.1. The second kappa shape index (κ2) is 9.78. The average molecular weight is 392 g/mol. The first kappa shape index (κ1) is 20.5. The second-order valence-corrected chi connectivity index (χ2v) is 9.34. The van der Waals surface area contributed by atoms with Crippen LogP contribution in [0.1, 0.15) is 52.9 Å². The molecule has 0 aromatic carbocycles. The molecule has 2 aliphatic heterocycles. The van der Waals surface area contributed by atoms with Crippen molar-refractivity contribution in [3.05, 3.63) is 17.5 Å². The zero-order valence-electron chi connectivity index (χ0n) is 17.3. The maximum absolute atomic E-state index is 4.96. The predicted molar refractivity (Wildman–Crippen MR) is 118 cm³/mol. The number of piperidine rings is 2. The molecule has 6 heteroatoms. The maximum Gasteiger partial charge on any atom is 0.191 e. The largest absolute Gasteiger partial charge is 0.363 e. The summed E-state index contributed by atoms with van der Waals surface area (Å²) in [5.74, 6) is 0.983. The molecule has 2 saturated heterocycles. The highest BCUT2D eigenvalue weighted by molar-refractivity contribution is 7.14. The van der Waals surface area contributed by atoms with E-state index in [1.807, 2.05) is 11.3 Å². The van der Waals surface area contributed by atoms with Gasteiger partial charge in [-0.15, -0.1) is 11.3 Å². The van der Waals surface area contributed by atoms with Crippen LogP contribution in [0.15, 0.2) is 22.5 Å². The monoisotopic (exact) mass is 391 g/mol. The molecule has 0 spiro atoms. The van der Waals surface area contributed by atoms with Gasteiger partial charge in [-0.05, 0) is 77.1 Å². The van der Waals surface area contributed by atoms with E-state index >= 15 is 0 Å². The van der Waals surface area contributed by atoms with Gasteiger partial charge >= 0.3 is 0 Å². The summed E-state index contributed by atoms with van der Waals surface area (Å²) in [6.07, 6.45) is 6.36. The third kappa shape index (κ3) is 5.85. The lowest BCUT2D eigenvalue weighted by molar-refractivity contribution is 0.102. The fourth-order valence-corrected chi connectivity index (χ4v) is 4.86. The zero-order valence-corrected chi connectivity index (χ0v) is 18.2. The first-order valence-electron chi connectivity index (χ1n) is 10.7. The molecule has 2 aliphatic rings. The molecule has 0 radical (unpaired) electrons. The van der Waals surface area contributed by atoms with Crippen molar-refractivity contribution in [2.75, 3.05) is 44.2 Å². The number of guanidine groups is 1. The smallest absolute Gasteiger partial charge is 0.191 e. The van der Waals surface area contributed by atoms with Crippen molar-refractivity contribution in [1.29, 1.82) is 0 Å². The molecule has 2 fully saturated rings. The number of aliphatic imine (C=N–C) groups is 1. The molecule has 1 aromatic heterocycles. The predicted octanol–water partition coefficient (Wildman–Crippen LogP) is 3.54. The van der Waals surface area contributed by atoms with Crippen LogP contribution in [0.3, 0.4) is 0 Å². The van der Waals surface area contributed by atoms with Gasteiger partial charge in [-0.2, -0.15) is 0 Å². The molecule has 3 heterocycles. The molecule has 27 heavy (non-hydrogen) atoms. The minimum absolute atomic E-state index is 0.130. The van der Waals surface area contributed by atoms with Gasteiger partial charge < -0.3 is 15.5 Å². The van der Waals surface area contributed by atoms with Crippen molar-refractivity contribution in [2.24, 2.45) is 4.99 Å². The normalized spacial score (nSPS) is 20.7. The Bertz CT molecular complexity index is 569. The fourth-order valence-electron chi connectivity index (χ4n) is 4.08. The molecular formula is C21H37N5S. The number of nitrogens with zero attached hydrogens (tertiary/aromatic N) is 3. The number of anilines is 1. The Kier molecular flexibility index (Phi) is 7.41. The summed E-state index contributed by atoms with van der Waals surface area (Å²) in [6.45, 7) is 13.2. The molecular weight excluding hydrogens is 354 g/mol. The number of hydrogen-bond acceptors (Lipinski definition) is 4. The topological polar surface area (TPSA) is 42.9 Å². The van der Waals surface area contributed by atoms with Crippen LogP contribution >= 0.6 is 11.3 Å². The van der Waals surface area contributed by atoms with Gasteiger partial charge in [0, 0.05) is 31.2 Å². The second-order valence-electron chi connectivity index (χ2n) is 8.41. The van der Waals surface area contributed by atoms with Gasteiger partial charge in [0.05, 0.1) is 11.5 Å². The Labute approximate surface area is 169 Å². The third-order valence-corrected chi connectivity index (χ3v) is 6.76. The van der Waals surface area contributed by atoms with Gasteiger partial charge in [0.25, 0.3) is 0 Å². The Morgan fingerprint density at radius 3 is 2.56 bits per heavy atom. The van der Waals surface area contributed by atoms with E-state index < -0.39 is 0 Å². The van der Waals surface area contributed by atoms with E-state index in [2.05, 4.69) is 58.7 Å². The highest BCUT2D eigenvalue weighted by Crippen LogP contribution is 2.25. The summed E-state index contributed by atoms with van der Waals surface area (Å²) in [7, 11) is 0. The van der Waals surface area contributed by atoms with Crippen LogP contribution in [0.25, 0.3) is 0 Å². The van der Waals surface area contributed by atoms with Gasteiger partial charge in [-0.1, -0.05) is 6.42 Å². The Morgan fingerprint density at radius 1 is 1.19 bits per heavy atom. The molecule has 0 bridgehead atoms. The summed E-state index contributed by atoms with van der Waals surface area (Å²) >= 11 is 1.84. The van der Waals surface area contributed by atoms with Crippen molar-refractivity contribution >= 4 is 22.3 Å². The van der Waals surface area contributed by atoms with E-state index in [0.29, 0.717) is 6.04 Å². The molecule has 152 valence electrons. The first-order valence-corrected chi connectivity index (χ1v) is 11.5. The summed E-state index contributed by atoms with van der Waals surface area (Å²) < 4.78 is 0. The molecule has 0 amide bonds. The molecule has 1 aromatic rings. The standard InChI is InChI=1S/C21H37N5S/c1-4-22-20(23-17-21(2,3)26-12-6-5-7-13-26)24-18-10-14-25(15-11-18)19-9-8-16-27-19/h8-9,16,18H,4-7,10-15,17H2,1-3H3,(H2,22,23,24). The van der Waals surface area contributed by atoms with E-state index in [1.165, 1.54) is 37.4 Å². The quantitative estimate of drug-likeness (QED) is 0.575. The molecule has 0 saturated carbocycles. The van der Waals surface area contributed by atoms with E-state index in [-0.39, 0.29) is 5.54 Å². The van der Waals surface area contributed by atoms with Crippen molar-refractivity contribution in [3.63, 3.8) is 0 Å². The first-order chi connectivity index (χ1) is 13.1. The molecule has 2 N–H and O–H groups in total. The number of likely N-dealkylation sites (tertiary alicyclic amines) is 1. The van der Waals surface area contributed by atoms with Crippen LogP contribution in [0, 0.1) is 0 Å². The van der Waals surface area contributed by atoms with E-state index in [9.17, 15) is 0 Å². The van der Waals surface area contributed by atoms with Crippen LogP contribution in [0.2, 0.25) is 0 Å². The highest BCUT2D eigenvalue weighted by Gasteiger charge is 2.28. The summed E-state index contributed by atoms with van der Waals surface area (Å²) in [5.41, 5.74) is 0.130. The van der Waals surface area contributed by atoms with Crippen LogP contribution in [-0.4, -0.2) is 61.7 Å². The van der Waals surface area contributed by atoms with Gasteiger partial charge in [0.2, 0.25) is 0 Å². The van der Waals surface area contributed by atoms with Gasteiger partial charge in [-0.25, -0.2) is 0 Å². The minimum atomic E-state index is 0.130. The van der Waals surface area contributed by atoms with E-state index in [4.69, 9.17) is 4.99 Å². The maximum atomic E-state index is 4.96. The lowest BCUT2D eigenvalue weighted by Crippen LogP contribution is -2.51. The van der Waals surface area contributed by atoms with Crippen molar-refractivity contribution in [1.82, 2.24) is 15.5 Å². The van der Waals surface area contributed by atoms with Crippen LogP contribution < -0.4 is 15.5 Å². The van der Waals surface area contributed by atoms with E-state index in [1.54, 1.807) is 0 Å². The number of hydrogen-bond donors (Lipinski definition) is 2. The average Bonchev–Trinajstić information content (AvgIpc) is 3.22. The van der Waals surface area contributed by atoms with Gasteiger partial charge in [-0.3, -0.25) is 9.89 Å². The van der Waals surface area contributed by atoms with Crippen molar-refractivity contribution < 1.29 is 0 Å². The highest BCUT2D eigenvalue weighted by atomic mass is 32.1. The summed E-state index contributed by atoms with van der Waals surface area (Å²) in [5, 5.41) is 10.7. The summed E-state index contributed by atoms with van der Waals surface area (Å²) in [6, 6.07) is 4.88. The third-order valence-electron chi connectivity index (χ3n) is 5.83. The Balaban J connectivity index is 1.51. The van der Waals surface area contributed by atoms with Crippen LogP contribution in [0.5, 0.6) is 0 Å². The molecule has 0 unspecified atom stereocenters. The Hall–Kier alpha value is -1.27.